The number of benzene rings is 1. The third kappa shape index (κ3) is 3.07. The summed E-state index contributed by atoms with van der Waals surface area (Å²) in [6.45, 7) is 3.70. The molecule has 17 heavy (non-hydrogen) atoms. The third-order valence-corrected chi connectivity index (χ3v) is 4.48. The molecular formula is C13H19NO2S. The first-order chi connectivity index (χ1) is 8.20. The van der Waals surface area contributed by atoms with Crippen LogP contribution in [0.25, 0.3) is 0 Å². The lowest BCUT2D eigenvalue weighted by atomic mass is 10.1. The van der Waals surface area contributed by atoms with E-state index in [1.54, 1.807) is 0 Å². The molecule has 1 aromatic rings. The van der Waals surface area contributed by atoms with Crippen LogP contribution in [0.15, 0.2) is 24.3 Å². The number of hydrogen-bond acceptors (Lipinski definition) is 3. The zero-order valence-corrected chi connectivity index (χ0v) is 10.9. The third-order valence-electron chi connectivity index (χ3n) is 3.21. The van der Waals surface area contributed by atoms with Crippen molar-refractivity contribution in [1.29, 1.82) is 0 Å². The zero-order chi connectivity index (χ0) is 12.3. The van der Waals surface area contributed by atoms with Crippen LogP contribution in [0.2, 0.25) is 0 Å². The van der Waals surface area contributed by atoms with Crippen LogP contribution < -0.4 is 4.90 Å². The molecule has 0 unspecified atom stereocenters. The Morgan fingerprint density at radius 3 is 2.41 bits per heavy atom. The Kier molecular flexibility index (Phi) is 4.18. The number of aliphatic hydroxyl groups is 1. The molecular weight excluding hydrogens is 234 g/mol. The number of anilines is 1. The summed E-state index contributed by atoms with van der Waals surface area (Å²) in [6.07, 6.45) is 0.375. The molecule has 0 radical (unpaired) electrons. The van der Waals surface area contributed by atoms with Crippen LogP contribution in [0.5, 0.6) is 0 Å². The van der Waals surface area contributed by atoms with Crippen LogP contribution in [0, 0.1) is 0 Å². The van der Waals surface area contributed by atoms with Crippen LogP contribution in [0.4, 0.5) is 5.69 Å². The summed E-state index contributed by atoms with van der Waals surface area (Å²) in [5.41, 5.74) is 2.13. The first-order valence-corrected chi connectivity index (χ1v) is 7.57. The van der Waals surface area contributed by atoms with Gasteiger partial charge in [0.15, 0.2) is 0 Å². The molecule has 0 bridgehead atoms. The molecule has 4 heteroatoms. The van der Waals surface area contributed by atoms with Crippen molar-refractivity contribution in [1.82, 2.24) is 0 Å². The van der Waals surface area contributed by atoms with Crippen LogP contribution in [0.3, 0.4) is 0 Å². The maximum Gasteiger partial charge on any atom is 0.0787 e. The predicted octanol–water partition coefficient (Wildman–Crippen LogP) is 1.70. The van der Waals surface area contributed by atoms with Crippen molar-refractivity contribution in [2.45, 2.75) is 19.4 Å². The Hall–Kier alpha value is -0.870. The number of rotatable bonds is 3. The standard InChI is InChI=1S/C13H19NO2S/c1-2-13(15)11-3-5-12(6-4-11)14-7-9-17(16)10-8-14/h3-6,13,15H,2,7-10H2,1H3/t13-/m1/s1. The second-order valence-electron chi connectivity index (χ2n) is 4.35. The van der Waals surface area contributed by atoms with Gasteiger partial charge in [0.05, 0.1) is 6.10 Å². The highest BCUT2D eigenvalue weighted by atomic mass is 32.2. The first-order valence-electron chi connectivity index (χ1n) is 6.08. The maximum atomic E-state index is 11.3. The van der Waals surface area contributed by atoms with Gasteiger partial charge in [0.1, 0.15) is 0 Å². The molecule has 1 fully saturated rings. The quantitative estimate of drug-likeness (QED) is 0.891. The van der Waals surface area contributed by atoms with Crippen LogP contribution in [0.1, 0.15) is 25.0 Å². The lowest BCUT2D eigenvalue weighted by Crippen LogP contribution is -2.37. The van der Waals surface area contributed by atoms with Crippen LogP contribution >= 0.6 is 0 Å². The largest absolute Gasteiger partial charge is 0.388 e. The van der Waals surface area contributed by atoms with Crippen molar-refractivity contribution < 1.29 is 9.32 Å². The second kappa shape index (κ2) is 5.65. The molecule has 0 amide bonds. The second-order valence-corrected chi connectivity index (χ2v) is 6.05. The Morgan fingerprint density at radius 2 is 1.88 bits per heavy atom. The monoisotopic (exact) mass is 253 g/mol. The van der Waals surface area contributed by atoms with Gasteiger partial charge in [-0.15, -0.1) is 0 Å². The summed E-state index contributed by atoms with van der Waals surface area (Å²) in [4.78, 5) is 2.25. The van der Waals surface area contributed by atoms with E-state index in [1.807, 2.05) is 31.2 Å². The summed E-state index contributed by atoms with van der Waals surface area (Å²) in [7, 11) is -0.629. The predicted molar refractivity (Wildman–Crippen MR) is 71.8 cm³/mol. The minimum Gasteiger partial charge on any atom is -0.388 e. The fourth-order valence-corrected chi connectivity index (χ4v) is 3.09. The zero-order valence-electron chi connectivity index (χ0n) is 10.1. The van der Waals surface area contributed by atoms with Crippen molar-refractivity contribution >= 4 is 16.5 Å². The Balaban J connectivity index is 2.05. The van der Waals surface area contributed by atoms with Gasteiger partial charge < -0.3 is 10.0 Å². The number of aliphatic hydroxyl groups excluding tert-OH is 1. The Bertz CT molecular complexity index is 381. The molecule has 1 N–H and O–H groups in total. The molecule has 1 atom stereocenters. The molecule has 1 aliphatic rings. The van der Waals surface area contributed by atoms with Gasteiger partial charge in [0, 0.05) is 41.1 Å². The molecule has 0 aromatic heterocycles. The van der Waals surface area contributed by atoms with E-state index >= 15 is 0 Å². The van der Waals surface area contributed by atoms with Gasteiger partial charge in [-0.1, -0.05) is 19.1 Å². The molecule has 0 spiro atoms. The molecule has 0 saturated carbocycles. The number of hydrogen-bond donors (Lipinski definition) is 1. The normalized spacial score (nSPS) is 19.3. The van der Waals surface area contributed by atoms with Gasteiger partial charge in [-0.25, -0.2) is 0 Å². The Labute approximate surface area is 105 Å². The van der Waals surface area contributed by atoms with Gasteiger partial charge in [-0.3, -0.25) is 4.21 Å². The Morgan fingerprint density at radius 1 is 1.29 bits per heavy atom. The summed E-state index contributed by atoms with van der Waals surface area (Å²) in [5, 5.41) is 9.71. The molecule has 1 heterocycles. The summed E-state index contributed by atoms with van der Waals surface area (Å²) in [5.74, 6) is 1.53. The van der Waals surface area contributed by atoms with Crippen molar-refractivity contribution in [3.8, 4) is 0 Å². The fraction of sp³-hybridized carbons (Fsp3) is 0.538. The van der Waals surface area contributed by atoms with Crippen molar-refractivity contribution in [2.24, 2.45) is 0 Å². The van der Waals surface area contributed by atoms with E-state index in [2.05, 4.69) is 4.90 Å². The lowest BCUT2D eigenvalue weighted by Gasteiger charge is -2.28. The van der Waals surface area contributed by atoms with Gasteiger partial charge >= 0.3 is 0 Å². The minimum absolute atomic E-state index is 0.363. The van der Waals surface area contributed by atoms with E-state index in [1.165, 1.54) is 0 Å². The highest BCUT2D eigenvalue weighted by molar-refractivity contribution is 7.85. The maximum absolute atomic E-state index is 11.3. The molecule has 1 aromatic carbocycles. The van der Waals surface area contributed by atoms with E-state index < -0.39 is 10.8 Å². The summed E-state index contributed by atoms with van der Waals surface area (Å²) in [6, 6.07) is 8.05. The molecule has 94 valence electrons. The summed E-state index contributed by atoms with van der Waals surface area (Å²) < 4.78 is 11.3. The molecule has 3 nitrogen and oxygen atoms in total. The van der Waals surface area contributed by atoms with E-state index in [0.717, 1.165) is 42.3 Å². The van der Waals surface area contributed by atoms with Crippen LogP contribution in [-0.4, -0.2) is 33.9 Å². The van der Waals surface area contributed by atoms with Crippen molar-refractivity contribution in [3.63, 3.8) is 0 Å². The summed E-state index contributed by atoms with van der Waals surface area (Å²) >= 11 is 0. The molecule has 0 aliphatic carbocycles. The lowest BCUT2D eigenvalue weighted by molar-refractivity contribution is 0.173. The minimum atomic E-state index is -0.629. The van der Waals surface area contributed by atoms with Crippen molar-refractivity contribution in [2.75, 3.05) is 29.5 Å². The van der Waals surface area contributed by atoms with E-state index in [-0.39, 0.29) is 6.10 Å². The van der Waals surface area contributed by atoms with Crippen molar-refractivity contribution in [3.05, 3.63) is 29.8 Å². The highest BCUT2D eigenvalue weighted by Crippen LogP contribution is 2.21. The van der Waals surface area contributed by atoms with E-state index in [4.69, 9.17) is 0 Å². The first kappa shape index (κ1) is 12.6. The topological polar surface area (TPSA) is 40.5 Å². The average Bonchev–Trinajstić information content (AvgIpc) is 2.39. The van der Waals surface area contributed by atoms with Gasteiger partial charge in [-0.2, -0.15) is 0 Å². The SMILES string of the molecule is CC[C@@H](O)c1ccc(N2CCS(=O)CC2)cc1. The fourth-order valence-electron chi connectivity index (χ4n) is 2.04. The highest BCUT2D eigenvalue weighted by Gasteiger charge is 2.15. The van der Waals surface area contributed by atoms with Crippen LogP contribution in [-0.2, 0) is 10.8 Å². The van der Waals surface area contributed by atoms with Gasteiger partial charge in [-0.05, 0) is 24.1 Å². The molecule has 1 saturated heterocycles. The van der Waals surface area contributed by atoms with Gasteiger partial charge in [0.25, 0.3) is 0 Å². The molecule has 2 rings (SSSR count). The van der Waals surface area contributed by atoms with E-state index in [9.17, 15) is 9.32 Å². The average molecular weight is 253 g/mol. The van der Waals surface area contributed by atoms with Gasteiger partial charge in [0.2, 0.25) is 0 Å². The number of nitrogens with zero attached hydrogens (tertiary/aromatic N) is 1. The molecule has 1 aliphatic heterocycles. The van der Waals surface area contributed by atoms with E-state index in [0.29, 0.717) is 0 Å². The smallest absolute Gasteiger partial charge is 0.0787 e.